The van der Waals surface area contributed by atoms with Crippen LogP contribution >= 0.6 is 0 Å². The van der Waals surface area contributed by atoms with E-state index in [-0.39, 0.29) is 0 Å². The normalized spacial score (nSPS) is 38.3. The Morgan fingerprint density at radius 3 is 2.72 bits per heavy atom. The molecule has 3 atom stereocenters. The molecule has 1 N–H and O–H groups in total. The van der Waals surface area contributed by atoms with Gasteiger partial charge >= 0.3 is 0 Å². The van der Waals surface area contributed by atoms with Gasteiger partial charge in [0.1, 0.15) is 0 Å². The van der Waals surface area contributed by atoms with E-state index in [0.29, 0.717) is 0 Å². The lowest BCUT2D eigenvalue weighted by Gasteiger charge is -2.44. The van der Waals surface area contributed by atoms with Crippen LogP contribution in [0.25, 0.3) is 0 Å². The van der Waals surface area contributed by atoms with Crippen molar-refractivity contribution in [1.29, 1.82) is 0 Å². The van der Waals surface area contributed by atoms with E-state index in [1.165, 1.54) is 84.0 Å². The van der Waals surface area contributed by atoms with Gasteiger partial charge in [-0.3, -0.25) is 0 Å². The van der Waals surface area contributed by atoms with Crippen LogP contribution in [0, 0.1) is 11.8 Å². The molecule has 3 fully saturated rings. The summed E-state index contributed by atoms with van der Waals surface area (Å²) in [6, 6.07) is 0.962. The molecule has 3 aliphatic rings. The molecule has 0 aromatic carbocycles. The van der Waals surface area contributed by atoms with Gasteiger partial charge in [-0.15, -0.1) is 0 Å². The molecule has 18 heavy (non-hydrogen) atoms. The van der Waals surface area contributed by atoms with Crippen molar-refractivity contribution >= 4 is 0 Å². The van der Waals surface area contributed by atoms with Crippen LogP contribution in [-0.2, 0) is 0 Å². The minimum atomic E-state index is 0.961. The molecular weight excluding hydrogens is 220 g/mol. The lowest BCUT2D eigenvalue weighted by molar-refractivity contribution is 0.0552. The molecule has 0 bridgehead atoms. The van der Waals surface area contributed by atoms with Gasteiger partial charge in [-0.25, -0.2) is 0 Å². The molecule has 2 saturated heterocycles. The molecule has 0 aromatic heterocycles. The highest BCUT2D eigenvalue weighted by molar-refractivity contribution is 4.87. The number of likely N-dealkylation sites (tertiary alicyclic amines) is 1. The van der Waals surface area contributed by atoms with Crippen molar-refractivity contribution in [2.24, 2.45) is 11.8 Å². The zero-order valence-electron chi connectivity index (χ0n) is 11.9. The van der Waals surface area contributed by atoms with E-state index in [2.05, 4.69) is 10.2 Å². The summed E-state index contributed by atoms with van der Waals surface area (Å²) in [5.41, 5.74) is 0. The maximum atomic E-state index is 3.56. The van der Waals surface area contributed by atoms with E-state index in [1.807, 2.05) is 0 Å². The quantitative estimate of drug-likeness (QED) is 0.828. The SMILES string of the molecule is C1CNCC(CCN2CCC[C@H]3CCCC[C@H]32)C1. The summed E-state index contributed by atoms with van der Waals surface area (Å²) in [5, 5.41) is 3.56. The summed E-state index contributed by atoms with van der Waals surface area (Å²) in [6.07, 6.45) is 13.3. The van der Waals surface area contributed by atoms with Gasteiger partial charge in [-0.05, 0) is 83.0 Å². The van der Waals surface area contributed by atoms with Crippen LogP contribution in [0.2, 0.25) is 0 Å². The van der Waals surface area contributed by atoms with Gasteiger partial charge in [-0.1, -0.05) is 12.8 Å². The van der Waals surface area contributed by atoms with E-state index in [0.717, 1.165) is 17.9 Å². The second-order valence-electron chi connectivity index (χ2n) is 6.79. The molecule has 1 saturated carbocycles. The topological polar surface area (TPSA) is 15.3 Å². The third-order valence-electron chi connectivity index (χ3n) is 5.58. The number of nitrogens with one attached hydrogen (secondary N) is 1. The second-order valence-corrected chi connectivity index (χ2v) is 6.79. The minimum absolute atomic E-state index is 0.961. The van der Waals surface area contributed by atoms with Crippen LogP contribution in [0.5, 0.6) is 0 Å². The summed E-state index contributed by atoms with van der Waals surface area (Å²) in [7, 11) is 0. The number of nitrogens with zero attached hydrogens (tertiary/aromatic N) is 1. The Kier molecular flexibility index (Phi) is 4.58. The Bertz CT molecular complexity index is 245. The first kappa shape index (κ1) is 12.9. The standard InChI is InChI=1S/C16H30N2/c1-2-8-16-15(6-1)7-4-11-18(16)12-9-14-5-3-10-17-13-14/h14-17H,1-13H2/t14?,15-,16-/m1/s1. The predicted octanol–water partition coefficient (Wildman–Crippen LogP) is 3.03. The zero-order chi connectivity index (χ0) is 12.2. The van der Waals surface area contributed by atoms with Crippen molar-refractivity contribution in [3.63, 3.8) is 0 Å². The summed E-state index contributed by atoms with van der Waals surface area (Å²) < 4.78 is 0. The van der Waals surface area contributed by atoms with Gasteiger partial charge in [0.25, 0.3) is 0 Å². The molecule has 104 valence electrons. The molecule has 0 aromatic rings. The van der Waals surface area contributed by atoms with Crippen molar-refractivity contribution in [3.8, 4) is 0 Å². The number of rotatable bonds is 3. The second kappa shape index (κ2) is 6.38. The predicted molar refractivity (Wildman–Crippen MR) is 76.8 cm³/mol. The molecule has 2 heterocycles. The van der Waals surface area contributed by atoms with Crippen LogP contribution in [0.4, 0.5) is 0 Å². The smallest absolute Gasteiger partial charge is 0.0123 e. The van der Waals surface area contributed by atoms with Gasteiger partial charge in [0.15, 0.2) is 0 Å². The highest BCUT2D eigenvalue weighted by Crippen LogP contribution is 2.35. The highest BCUT2D eigenvalue weighted by Gasteiger charge is 2.33. The van der Waals surface area contributed by atoms with E-state index in [4.69, 9.17) is 0 Å². The van der Waals surface area contributed by atoms with E-state index < -0.39 is 0 Å². The maximum absolute atomic E-state index is 3.56. The first-order valence-electron chi connectivity index (χ1n) is 8.38. The van der Waals surface area contributed by atoms with Crippen LogP contribution in [0.3, 0.4) is 0 Å². The molecule has 1 aliphatic carbocycles. The zero-order valence-corrected chi connectivity index (χ0v) is 11.9. The first-order valence-corrected chi connectivity index (χ1v) is 8.38. The highest BCUT2D eigenvalue weighted by atomic mass is 15.2. The van der Waals surface area contributed by atoms with Crippen molar-refractivity contribution in [2.75, 3.05) is 26.2 Å². The van der Waals surface area contributed by atoms with Crippen molar-refractivity contribution in [3.05, 3.63) is 0 Å². The fraction of sp³-hybridized carbons (Fsp3) is 1.00. The van der Waals surface area contributed by atoms with Crippen molar-refractivity contribution < 1.29 is 0 Å². The Labute approximate surface area is 113 Å². The Morgan fingerprint density at radius 1 is 0.944 bits per heavy atom. The van der Waals surface area contributed by atoms with E-state index in [9.17, 15) is 0 Å². The number of piperidine rings is 2. The Balaban J connectivity index is 1.48. The van der Waals surface area contributed by atoms with E-state index >= 15 is 0 Å². The van der Waals surface area contributed by atoms with Crippen molar-refractivity contribution in [1.82, 2.24) is 10.2 Å². The first-order chi connectivity index (χ1) is 8.93. The molecule has 3 rings (SSSR count). The lowest BCUT2D eigenvalue weighted by Crippen LogP contribution is -2.47. The number of hydrogen-bond acceptors (Lipinski definition) is 2. The summed E-state index contributed by atoms with van der Waals surface area (Å²) in [5.74, 6) is 2.01. The molecule has 2 nitrogen and oxygen atoms in total. The van der Waals surface area contributed by atoms with Crippen molar-refractivity contribution in [2.45, 2.75) is 63.8 Å². The minimum Gasteiger partial charge on any atom is -0.316 e. The average molecular weight is 250 g/mol. The average Bonchev–Trinajstić information content (AvgIpc) is 2.46. The Morgan fingerprint density at radius 2 is 1.83 bits per heavy atom. The van der Waals surface area contributed by atoms with Gasteiger partial charge in [0.2, 0.25) is 0 Å². The number of hydrogen-bond donors (Lipinski definition) is 1. The molecule has 0 spiro atoms. The molecule has 0 amide bonds. The summed E-state index contributed by atoms with van der Waals surface area (Å²) in [6.45, 7) is 5.31. The fourth-order valence-corrected chi connectivity index (χ4v) is 4.52. The molecule has 2 heteroatoms. The van der Waals surface area contributed by atoms with Gasteiger partial charge in [0.05, 0.1) is 0 Å². The molecule has 1 unspecified atom stereocenters. The van der Waals surface area contributed by atoms with Crippen LogP contribution in [-0.4, -0.2) is 37.1 Å². The number of fused-ring (bicyclic) bond motifs is 1. The van der Waals surface area contributed by atoms with Gasteiger partial charge < -0.3 is 10.2 Å². The fourth-order valence-electron chi connectivity index (χ4n) is 4.52. The van der Waals surface area contributed by atoms with Gasteiger partial charge in [0, 0.05) is 6.04 Å². The maximum Gasteiger partial charge on any atom is 0.0123 e. The lowest BCUT2D eigenvalue weighted by atomic mass is 9.78. The third-order valence-corrected chi connectivity index (χ3v) is 5.58. The van der Waals surface area contributed by atoms with Crippen LogP contribution < -0.4 is 5.32 Å². The summed E-state index contributed by atoms with van der Waals surface area (Å²) >= 11 is 0. The molecule has 0 radical (unpaired) electrons. The Hall–Kier alpha value is -0.0800. The largest absolute Gasteiger partial charge is 0.316 e. The van der Waals surface area contributed by atoms with Crippen LogP contribution in [0.15, 0.2) is 0 Å². The monoisotopic (exact) mass is 250 g/mol. The molecular formula is C16H30N2. The van der Waals surface area contributed by atoms with Crippen LogP contribution in [0.1, 0.15) is 57.8 Å². The molecule has 2 aliphatic heterocycles. The third kappa shape index (κ3) is 3.08. The van der Waals surface area contributed by atoms with Gasteiger partial charge in [-0.2, -0.15) is 0 Å². The van der Waals surface area contributed by atoms with E-state index in [1.54, 1.807) is 0 Å². The summed E-state index contributed by atoms with van der Waals surface area (Å²) in [4.78, 5) is 2.86.